The lowest BCUT2D eigenvalue weighted by Gasteiger charge is -2.16. The first-order valence-electron chi connectivity index (χ1n) is 4.11. The maximum Gasteiger partial charge on any atom is 0.300 e. The Bertz CT molecular complexity index is 404. The summed E-state index contributed by atoms with van der Waals surface area (Å²) in [6, 6.07) is 0. The highest BCUT2D eigenvalue weighted by Crippen LogP contribution is 2.24. The van der Waals surface area contributed by atoms with E-state index in [1.54, 1.807) is 0 Å². The number of rotatable bonds is 1. The van der Waals surface area contributed by atoms with E-state index in [1.165, 1.54) is 9.36 Å². The molecule has 0 aromatic carbocycles. The molecule has 0 spiro atoms. The van der Waals surface area contributed by atoms with Crippen LogP contribution in [0.25, 0.3) is 0 Å². The molecule has 2 rings (SSSR count). The van der Waals surface area contributed by atoms with E-state index in [2.05, 4.69) is 5.18 Å². The molecule has 0 saturated heterocycles. The van der Waals surface area contributed by atoms with Gasteiger partial charge in [0.25, 0.3) is 5.56 Å². The summed E-state index contributed by atoms with van der Waals surface area (Å²) in [7, 11) is 0. The Morgan fingerprint density at radius 2 is 1.85 bits per heavy atom. The number of hydrogen-bond acceptors (Lipinski definition) is 4. The molecule has 0 fully saturated rings. The van der Waals surface area contributed by atoms with Crippen LogP contribution in [-0.4, -0.2) is 14.5 Å². The summed E-state index contributed by atoms with van der Waals surface area (Å²) >= 11 is 0. The minimum atomic E-state index is -0.493. The van der Waals surface area contributed by atoms with E-state index in [0.717, 1.165) is 12.8 Å². The molecule has 6 heteroatoms. The molecule has 0 unspecified atom stereocenters. The molecule has 1 aromatic rings. The average molecular weight is 183 g/mol. The second kappa shape index (κ2) is 2.72. The highest BCUT2D eigenvalue weighted by atomic mass is 16.3. The van der Waals surface area contributed by atoms with Crippen LogP contribution in [0.15, 0.2) is 9.97 Å². The molecule has 0 saturated carbocycles. The van der Waals surface area contributed by atoms with Crippen LogP contribution in [0.2, 0.25) is 0 Å². The monoisotopic (exact) mass is 183 g/mol. The Kier molecular flexibility index (Phi) is 1.68. The molecule has 1 N–H and O–H groups in total. The summed E-state index contributed by atoms with van der Waals surface area (Å²) in [5.41, 5.74) is -0.867. The second-order valence-electron chi connectivity index (χ2n) is 3.02. The molecule has 1 aliphatic rings. The lowest BCUT2D eigenvalue weighted by molar-refractivity contribution is 0.305. The normalized spacial score (nSPS) is 15.4. The van der Waals surface area contributed by atoms with E-state index < -0.39 is 5.56 Å². The fraction of sp³-hybridized carbons (Fsp3) is 0.571. The van der Waals surface area contributed by atoms with Gasteiger partial charge in [-0.15, -0.1) is 4.91 Å². The fourth-order valence-electron chi connectivity index (χ4n) is 1.62. The number of aromatic nitrogens is 2. The average Bonchev–Trinajstić information content (AvgIpc) is 2.41. The van der Waals surface area contributed by atoms with Gasteiger partial charge in [-0.2, -0.15) is 0 Å². The van der Waals surface area contributed by atoms with Crippen LogP contribution in [0.3, 0.4) is 0 Å². The Morgan fingerprint density at radius 3 is 2.38 bits per heavy atom. The van der Waals surface area contributed by atoms with Gasteiger partial charge in [0, 0.05) is 13.1 Å². The van der Waals surface area contributed by atoms with E-state index >= 15 is 0 Å². The molecule has 0 radical (unpaired) electrons. The number of hydrogen-bond donors (Lipinski definition) is 1. The molecule has 13 heavy (non-hydrogen) atoms. The van der Waals surface area contributed by atoms with E-state index in [-0.39, 0.29) is 11.6 Å². The van der Waals surface area contributed by atoms with Crippen molar-refractivity contribution < 1.29 is 5.11 Å². The van der Waals surface area contributed by atoms with E-state index in [1.807, 2.05) is 0 Å². The van der Waals surface area contributed by atoms with E-state index in [4.69, 9.17) is 0 Å². The third kappa shape index (κ3) is 0.980. The Labute approximate surface area is 73.4 Å². The Morgan fingerprint density at radius 1 is 1.23 bits per heavy atom. The maximum atomic E-state index is 11.4. The molecule has 0 atom stereocenters. The molecule has 1 aliphatic heterocycles. The van der Waals surface area contributed by atoms with Crippen molar-refractivity contribution in [1.82, 2.24) is 9.36 Å². The zero-order chi connectivity index (χ0) is 9.42. The van der Waals surface area contributed by atoms with Crippen LogP contribution >= 0.6 is 0 Å². The first-order valence-corrected chi connectivity index (χ1v) is 4.11. The van der Waals surface area contributed by atoms with Gasteiger partial charge in [-0.25, -0.2) is 9.36 Å². The van der Waals surface area contributed by atoms with Gasteiger partial charge < -0.3 is 5.11 Å². The van der Waals surface area contributed by atoms with Crippen LogP contribution in [0.1, 0.15) is 12.8 Å². The topological polar surface area (TPSA) is 76.6 Å². The van der Waals surface area contributed by atoms with Gasteiger partial charge in [0.1, 0.15) is 0 Å². The highest BCUT2D eigenvalue weighted by molar-refractivity contribution is 5.44. The summed E-state index contributed by atoms with van der Waals surface area (Å²) in [4.78, 5) is 21.6. The minimum Gasteiger partial charge on any atom is -0.492 e. The summed E-state index contributed by atoms with van der Waals surface area (Å²) < 4.78 is 2.76. The largest absolute Gasteiger partial charge is 0.492 e. The van der Waals surface area contributed by atoms with Gasteiger partial charge in [0.05, 0.1) is 0 Å². The molecule has 0 bridgehead atoms. The smallest absolute Gasteiger partial charge is 0.300 e. The predicted octanol–water partition coefficient (Wildman–Crippen LogP) is 0.547. The first-order chi connectivity index (χ1) is 6.25. The first kappa shape index (κ1) is 8.03. The maximum absolute atomic E-state index is 11.4. The molecule has 1 aromatic heterocycles. The van der Waals surface area contributed by atoms with E-state index in [9.17, 15) is 14.8 Å². The van der Waals surface area contributed by atoms with Crippen LogP contribution in [0, 0.1) is 4.91 Å². The standard InChI is InChI=1S/C7H9N3O3/c11-6-5(8-13)7(12)10-4-2-1-3-9(6)10/h11H,1-4H2. The summed E-state index contributed by atoms with van der Waals surface area (Å²) in [5, 5.41) is 11.9. The van der Waals surface area contributed by atoms with Crippen molar-refractivity contribution in [3.63, 3.8) is 0 Å². The molecule has 0 amide bonds. The van der Waals surface area contributed by atoms with Crippen molar-refractivity contribution in [3.8, 4) is 5.88 Å². The van der Waals surface area contributed by atoms with Gasteiger partial charge in [-0.1, -0.05) is 0 Å². The number of nitroso groups, excluding NO2 is 1. The third-order valence-electron chi connectivity index (χ3n) is 2.27. The van der Waals surface area contributed by atoms with Crippen LogP contribution in [0.4, 0.5) is 5.69 Å². The molecule has 2 heterocycles. The minimum absolute atomic E-state index is 0.306. The molecule has 6 nitrogen and oxygen atoms in total. The van der Waals surface area contributed by atoms with Crippen LogP contribution in [-0.2, 0) is 13.1 Å². The molecule has 0 aliphatic carbocycles. The molecular formula is C7H9N3O3. The van der Waals surface area contributed by atoms with Crippen molar-refractivity contribution in [2.45, 2.75) is 25.9 Å². The van der Waals surface area contributed by atoms with Gasteiger partial charge in [0.15, 0.2) is 0 Å². The number of fused-ring (bicyclic) bond motifs is 1. The van der Waals surface area contributed by atoms with Crippen molar-refractivity contribution >= 4 is 5.69 Å². The van der Waals surface area contributed by atoms with Gasteiger partial charge in [-0.3, -0.25) is 4.79 Å². The third-order valence-corrected chi connectivity index (χ3v) is 2.27. The predicted molar refractivity (Wildman–Crippen MR) is 45.0 cm³/mol. The summed E-state index contributed by atoms with van der Waals surface area (Å²) in [6.45, 7) is 1.11. The van der Waals surface area contributed by atoms with Gasteiger partial charge >= 0.3 is 0 Å². The number of aromatic hydroxyl groups is 1. The quantitative estimate of drug-likeness (QED) is 0.646. The summed E-state index contributed by atoms with van der Waals surface area (Å²) in [6.07, 6.45) is 1.79. The van der Waals surface area contributed by atoms with Gasteiger partial charge in [0.2, 0.25) is 11.6 Å². The van der Waals surface area contributed by atoms with Crippen molar-refractivity contribution in [2.75, 3.05) is 0 Å². The fourth-order valence-corrected chi connectivity index (χ4v) is 1.62. The lowest BCUT2D eigenvalue weighted by atomic mass is 10.3. The molecule has 70 valence electrons. The number of nitrogens with zero attached hydrogens (tertiary/aromatic N) is 3. The molecular weight excluding hydrogens is 174 g/mol. The highest BCUT2D eigenvalue weighted by Gasteiger charge is 2.21. The zero-order valence-electron chi connectivity index (χ0n) is 6.93. The second-order valence-corrected chi connectivity index (χ2v) is 3.02. The van der Waals surface area contributed by atoms with Crippen molar-refractivity contribution in [2.24, 2.45) is 5.18 Å². The zero-order valence-corrected chi connectivity index (χ0v) is 6.93. The van der Waals surface area contributed by atoms with Crippen LogP contribution in [0.5, 0.6) is 5.88 Å². The SMILES string of the molecule is O=Nc1c(O)n2n(c1=O)CCCC2. The lowest BCUT2D eigenvalue weighted by Crippen LogP contribution is -2.26. The van der Waals surface area contributed by atoms with E-state index in [0.29, 0.717) is 13.1 Å². The summed E-state index contributed by atoms with van der Waals surface area (Å²) in [5.74, 6) is -0.306. The van der Waals surface area contributed by atoms with Gasteiger partial charge in [-0.05, 0) is 18.0 Å². The van der Waals surface area contributed by atoms with Crippen molar-refractivity contribution in [1.29, 1.82) is 0 Å². The van der Waals surface area contributed by atoms with Crippen molar-refractivity contribution in [3.05, 3.63) is 15.3 Å². The van der Waals surface area contributed by atoms with Crippen LogP contribution < -0.4 is 5.56 Å². The Balaban J connectivity index is 2.70. The Hall–Kier alpha value is -1.59.